The smallest absolute Gasteiger partial charge is 0.244 e. The molecule has 0 spiro atoms. The second-order valence-corrected chi connectivity index (χ2v) is 5.44. The monoisotopic (exact) mass is 310 g/mol. The van der Waals surface area contributed by atoms with Gasteiger partial charge in [-0.1, -0.05) is 6.07 Å². The molecule has 23 heavy (non-hydrogen) atoms. The van der Waals surface area contributed by atoms with Crippen molar-refractivity contribution in [1.82, 2.24) is 4.57 Å². The largest absolute Gasteiger partial charge is 0.506 e. The number of anilines is 1. The molecule has 0 saturated carbocycles. The lowest BCUT2D eigenvalue weighted by atomic mass is 10.2. The number of benzene rings is 2. The first-order valence-electron chi connectivity index (χ1n) is 7.29. The first-order chi connectivity index (χ1) is 11.1. The number of hydrogen-bond acceptors (Lipinski definition) is 3. The van der Waals surface area contributed by atoms with Crippen molar-refractivity contribution in [2.24, 2.45) is 0 Å². The van der Waals surface area contributed by atoms with Crippen LogP contribution in [0.3, 0.4) is 0 Å². The maximum atomic E-state index is 12.2. The Kier molecular flexibility index (Phi) is 3.93. The van der Waals surface area contributed by atoms with Crippen molar-refractivity contribution in [1.29, 1.82) is 0 Å². The van der Waals surface area contributed by atoms with Crippen molar-refractivity contribution in [3.63, 3.8) is 0 Å². The van der Waals surface area contributed by atoms with Gasteiger partial charge in [0.2, 0.25) is 5.91 Å². The summed E-state index contributed by atoms with van der Waals surface area (Å²) in [5.41, 5.74) is 2.35. The number of phenols is 1. The molecule has 0 atom stereocenters. The van der Waals surface area contributed by atoms with Crippen LogP contribution >= 0.6 is 0 Å². The van der Waals surface area contributed by atoms with Crippen molar-refractivity contribution in [2.75, 3.05) is 12.4 Å². The molecule has 118 valence electrons. The third kappa shape index (κ3) is 3.13. The number of ether oxygens (including phenoxy) is 1. The molecule has 0 aliphatic carbocycles. The van der Waals surface area contributed by atoms with Crippen molar-refractivity contribution >= 4 is 22.5 Å². The topological polar surface area (TPSA) is 63.5 Å². The van der Waals surface area contributed by atoms with E-state index in [4.69, 9.17) is 4.74 Å². The van der Waals surface area contributed by atoms with Gasteiger partial charge in [0, 0.05) is 17.1 Å². The molecule has 5 heteroatoms. The summed E-state index contributed by atoms with van der Waals surface area (Å²) in [5, 5.41) is 13.6. The van der Waals surface area contributed by atoms with Gasteiger partial charge in [-0.2, -0.15) is 0 Å². The van der Waals surface area contributed by atoms with Crippen LogP contribution in [0.25, 0.3) is 10.9 Å². The molecule has 1 heterocycles. The number of fused-ring (bicyclic) bond motifs is 1. The van der Waals surface area contributed by atoms with Gasteiger partial charge in [0.05, 0.1) is 12.8 Å². The number of amides is 1. The predicted molar refractivity (Wildman–Crippen MR) is 90.0 cm³/mol. The maximum absolute atomic E-state index is 12.2. The van der Waals surface area contributed by atoms with Crippen LogP contribution in [-0.2, 0) is 11.3 Å². The quantitative estimate of drug-likeness (QED) is 0.727. The van der Waals surface area contributed by atoms with E-state index >= 15 is 0 Å². The van der Waals surface area contributed by atoms with Crippen LogP contribution in [0.5, 0.6) is 11.5 Å². The highest BCUT2D eigenvalue weighted by Crippen LogP contribution is 2.25. The number of nitrogens with one attached hydrogen (secondary N) is 1. The highest BCUT2D eigenvalue weighted by atomic mass is 16.5. The first-order valence-corrected chi connectivity index (χ1v) is 7.29. The molecule has 0 saturated heterocycles. The zero-order valence-electron chi connectivity index (χ0n) is 13.0. The van der Waals surface area contributed by atoms with Crippen molar-refractivity contribution < 1.29 is 14.6 Å². The number of methoxy groups -OCH3 is 1. The molecule has 2 aromatic carbocycles. The van der Waals surface area contributed by atoms with Gasteiger partial charge in [-0.25, -0.2) is 0 Å². The van der Waals surface area contributed by atoms with Crippen LogP contribution in [0.2, 0.25) is 0 Å². The summed E-state index contributed by atoms with van der Waals surface area (Å²) in [7, 11) is 1.62. The highest BCUT2D eigenvalue weighted by Gasteiger charge is 2.09. The van der Waals surface area contributed by atoms with Crippen molar-refractivity contribution in [3.05, 3.63) is 54.2 Å². The molecule has 0 unspecified atom stereocenters. The van der Waals surface area contributed by atoms with E-state index in [0.29, 0.717) is 5.69 Å². The molecular formula is C18H18N2O3. The Morgan fingerprint density at radius 3 is 2.83 bits per heavy atom. The number of aromatic nitrogens is 1. The molecule has 0 aliphatic rings. The van der Waals surface area contributed by atoms with Crippen LogP contribution in [0.15, 0.2) is 48.7 Å². The standard InChI is InChI=1S/C18H18N2O3/c1-12-3-6-17(21)15(9-12)19-18(22)11-20-8-7-13-10-14(23-2)4-5-16(13)20/h3-10,21H,11H2,1-2H3,(H,19,22). The minimum Gasteiger partial charge on any atom is -0.506 e. The van der Waals surface area contributed by atoms with Gasteiger partial charge >= 0.3 is 0 Å². The first kappa shape index (κ1) is 15.0. The molecule has 3 aromatic rings. The lowest BCUT2D eigenvalue weighted by molar-refractivity contribution is -0.116. The zero-order chi connectivity index (χ0) is 16.4. The Morgan fingerprint density at radius 2 is 2.04 bits per heavy atom. The van der Waals surface area contributed by atoms with Gasteiger partial charge in [-0.15, -0.1) is 0 Å². The number of aromatic hydroxyl groups is 1. The average Bonchev–Trinajstić information content (AvgIpc) is 2.93. The fraction of sp³-hybridized carbons (Fsp3) is 0.167. The summed E-state index contributed by atoms with van der Waals surface area (Å²) < 4.78 is 7.06. The highest BCUT2D eigenvalue weighted by molar-refractivity contribution is 5.93. The predicted octanol–water partition coefficient (Wildman–Crippen LogP) is 3.30. The number of rotatable bonds is 4. The molecule has 0 radical (unpaired) electrons. The Morgan fingerprint density at radius 1 is 1.22 bits per heavy atom. The molecule has 1 aromatic heterocycles. The minimum atomic E-state index is -0.195. The third-order valence-electron chi connectivity index (χ3n) is 3.72. The maximum Gasteiger partial charge on any atom is 0.244 e. The summed E-state index contributed by atoms with van der Waals surface area (Å²) in [6.07, 6.45) is 1.86. The lowest BCUT2D eigenvalue weighted by Crippen LogP contribution is -2.18. The van der Waals surface area contributed by atoms with E-state index in [0.717, 1.165) is 22.2 Å². The Labute approximate surface area is 134 Å². The molecule has 1 amide bonds. The zero-order valence-corrected chi connectivity index (χ0v) is 13.0. The summed E-state index contributed by atoms with van der Waals surface area (Å²) in [4.78, 5) is 12.2. The van der Waals surface area contributed by atoms with E-state index in [1.807, 2.05) is 42.0 Å². The fourth-order valence-electron chi connectivity index (χ4n) is 2.54. The minimum absolute atomic E-state index is 0.0612. The van der Waals surface area contributed by atoms with E-state index in [2.05, 4.69) is 5.32 Å². The molecule has 0 bridgehead atoms. The second kappa shape index (κ2) is 6.04. The number of phenolic OH excluding ortho intramolecular Hbond substituents is 1. The Hall–Kier alpha value is -2.95. The van der Waals surface area contributed by atoms with Crippen molar-refractivity contribution in [2.45, 2.75) is 13.5 Å². The van der Waals surface area contributed by atoms with Crippen LogP contribution in [0, 0.1) is 6.92 Å². The summed E-state index contributed by atoms with van der Waals surface area (Å²) >= 11 is 0. The number of carbonyl (C=O) groups is 1. The van der Waals surface area contributed by atoms with Gasteiger partial charge in [0.15, 0.2) is 0 Å². The van der Waals surface area contributed by atoms with E-state index in [9.17, 15) is 9.90 Å². The van der Waals surface area contributed by atoms with Gasteiger partial charge in [-0.05, 0) is 48.9 Å². The Bertz CT molecular complexity index is 868. The van der Waals surface area contributed by atoms with Gasteiger partial charge in [0.25, 0.3) is 0 Å². The normalized spacial score (nSPS) is 10.7. The van der Waals surface area contributed by atoms with Crippen LogP contribution < -0.4 is 10.1 Å². The number of hydrogen-bond donors (Lipinski definition) is 2. The van der Waals surface area contributed by atoms with E-state index in [-0.39, 0.29) is 18.2 Å². The van der Waals surface area contributed by atoms with Crippen LogP contribution in [0.1, 0.15) is 5.56 Å². The third-order valence-corrected chi connectivity index (χ3v) is 3.72. The number of nitrogens with zero attached hydrogens (tertiary/aromatic N) is 1. The van der Waals surface area contributed by atoms with E-state index < -0.39 is 0 Å². The number of carbonyl (C=O) groups excluding carboxylic acids is 1. The number of aryl methyl sites for hydroxylation is 1. The van der Waals surface area contributed by atoms with E-state index in [1.54, 1.807) is 25.3 Å². The molecule has 3 rings (SSSR count). The molecule has 0 fully saturated rings. The Balaban J connectivity index is 1.79. The van der Waals surface area contributed by atoms with E-state index in [1.165, 1.54) is 0 Å². The summed E-state index contributed by atoms with van der Waals surface area (Å²) in [6.45, 7) is 2.07. The second-order valence-electron chi connectivity index (χ2n) is 5.44. The van der Waals surface area contributed by atoms with Crippen LogP contribution in [-0.4, -0.2) is 22.7 Å². The molecule has 2 N–H and O–H groups in total. The molecular weight excluding hydrogens is 292 g/mol. The van der Waals surface area contributed by atoms with Gasteiger partial charge in [0.1, 0.15) is 18.0 Å². The lowest BCUT2D eigenvalue weighted by Gasteiger charge is -2.10. The fourth-order valence-corrected chi connectivity index (χ4v) is 2.54. The molecule has 5 nitrogen and oxygen atoms in total. The van der Waals surface area contributed by atoms with Gasteiger partial charge in [-0.3, -0.25) is 4.79 Å². The van der Waals surface area contributed by atoms with Crippen molar-refractivity contribution in [3.8, 4) is 11.5 Å². The summed E-state index contributed by atoms with van der Waals surface area (Å²) in [6, 6.07) is 12.8. The summed E-state index contributed by atoms with van der Waals surface area (Å²) in [5.74, 6) is 0.648. The van der Waals surface area contributed by atoms with Gasteiger partial charge < -0.3 is 19.7 Å². The molecule has 0 aliphatic heterocycles. The SMILES string of the molecule is COc1ccc2c(ccn2CC(=O)Nc2cc(C)ccc2O)c1. The van der Waals surface area contributed by atoms with Crippen LogP contribution in [0.4, 0.5) is 5.69 Å². The average molecular weight is 310 g/mol.